The lowest BCUT2D eigenvalue weighted by molar-refractivity contribution is 0.831. The van der Waals surface area contributed by atoms with Crippen LogP contribution in [0.25, 0.3) is 0 Å². The average molecular weight is 276 g/mol. The quantitative estimate of drug-likeness (QED) is 0.848. The number of nitrogens with zero attached hydrogens (tertiary/aromatic N) is 2. The Morgan fingerprint density at radius 1 is 1.26 bits per heavy atom. The van der Waals surface area contributed by atoms with Crippen molar-refractivity contribution in [1.29, 1.82) is 0 Å². The van der Waals surface area contributed by atoms with Crippen LogP contribution in [-0.2, 0) is 13.0 Å². The third kappa shape index (κ3) is 3.44. The molecule has 2 aromatic heterocycles. The maximum Gasteiger partial charge on any atom is 0.135 e. The van der Waals surface area contributed by atoms with Crippen LogP contribution < -0.4 is 10.6 Å². The van der Waals surface area contributed by atoms with Crippen molar-refractivity contribution in [3.63, 3.8) is 0 Å². The van der Waals surface area contributed by atoms with E-state index in [1.54, 1.807) is 11.3 Å². The number of hydrogen-bond donors (Lipinski definition) is 2. The van der Waals surface area contributed by atoms with Gasteiger partial charge in [0.15, 0.2) is 0 Å². The van der Waals surface area contributed by atoms with Gasteiger partial charge < -0.3 is 10.6 Å². The van der Waals surface area contributed by atoms with Crippen molar-refractivity contribution in [3.8, 4) is 0 Å². The van der Waals surface area contributed by atoms with Crippen molar-refractivity contribution >= 4 is 23.0 Å². The first kappa shape index (κ1) is 13.8. The van der Waals surface area contributed by atoms with Gasteiger partial charge in [0.1, 0.15) is 17.5 Å². The first-order valence-electron chi connectivity index (χ1n) is 6.54. The van der Waals surface area contributed by atoms with Crippen molar-refractivity contribution in [1.82, 2.24) is 9.97 Å². The van der Waals surface area contributed by atoms with Gasteiger partial charge in [0.25, 0.3) is 0 Å². The van der Waals surface area contributed by atoms with Gasteiger partial charge in [-0.05, 0) is 35.7 Å². The molecule has 0 saturated heterocycles. The van der Waals surface area contributed by atoms with E-state index in [4.69, 9.17) is 0 Å². The highest BCUT2D eigenvalue weighted by atomic mass is 32.1. The number of thiophene rings is 1. The van der Waals surface area contributed by atoms with Crippen LogP contribution in [0.2, 0.25) is 0 Å². The minimum Gasteiger partial charge on any atom is -0.373 e. The van der Waals surface area contributed by atoms with Gasteiger partial charge in [0.05, 0.1) is 0 Å². The summed E-state index contributed by atoms with van der Waals surface area (Å²) < 4.78 is 0. The zero-order valence-corrected chi connectivity index (χ0v) is 12.5. The Balaban J connectivity index is 2.19. The Labute approximate surface area is 118 Å². The molecule has 0 aliphatic heterocycles. The van der Waals surface area contributed by atoms with Gasteiger partial charge >= 0.3 is 0 Å². The van der Waals surface area contributed by atoms with Gasteiger partial charge in [0, 0.05) is 25.6 Å². The van der Waals surface area contributed by atoms with Crippen molar-refractivity contribution in [2.75, 3.05) is 17.7 Å². The zero-order chi connectivity index (χ0) is 13.7. The van der Waals surface area contributed by atoms with E-state index < -0.39 is 0 Å². The normalized spacial score (nSPS) is 10.5. The molecule has 0 radical (unpaired) electrons. The van der Waals surface area contributed by atoms with E-state index in [0.29, 0.717) is 0 Å². The van der Waals surface area contributed by atoms with Crippen molar-refractivity contribution in [3.05, 3.63) is 33.8 Å². The molecule has 4 nitrogen and oxygen atoms in total. The first-order valence-corrected chi connectivity index (χ1v) is 7.49. The fourth-order valence-electron chi connectivity index (χ4n) is 1.89. The zero-order valence-electron chi connectivity index (χ0n) is 11.7. The van der Waals surface area contributed by atoms with Crippen LogP contribution in [0.3, 0.4) is 0 Å². The van der Waals surface area contributed by atoms with Crippen LogP contribution in [0.1, 0.15) is 30.3 Å². The largest absolute Gasteiger partial charge is 0.373 e. The lowest BCUT2D eigenvalue weighted by Crippen LogP contribution is -2.09. The van der Waals surface area contributed by atoms with Gasteiger partial charge in [-0.3, -0.25) is 0 Å². The summed E-state index contributed by atoms with van der Waals surface area (Å²) in [5.74, 6) is 2.73. The second-order valence-corrected chi connectivity index (χ2v) is 5.23. The Bertz CT molecular complexity index is 522. The molecule has 0 saturated carbocycles. The topological polar surface area (TPSA) is 49.8 Å². The molecule has 0 bridgehead atoms. The predicted molar refractivity (Wildman–Crippen MR) is 82.0 cm³/mol. The number of aryl methyl sites for hydroxylation is 1. The predicted octanol–water partition coefficient (Wildman–Crippen LogP) is 3.45. The lowest BCUT2D eigenvalue weighted by Gasteiger charge is -2.13. The molecular formula is C14H20N4S. The highest BCUT2D eigenvalue weighted by Crippen LogP contribution is 2.21. The fourth-order valence-corrected chi connectivity index (χ4v) is 2.56. The summed E-state index contributed by atoms with van der Waals surface area (Å²) in [6.07, 6.45) is 1.96. The third-order valence-corrected chi connectivity index (χ3v) is 3.67. The maximum atomic E-state index is 4.61. The first-order chi connectivity index (χ1) is 9.24. The monoisotopic (exact) mass is 276 g/mol. The Hall–Kier alpha value is -1.62. The summed E-state index contributed by atoms with van der Waals surface area (Å²) in [5, 5.41) is 10.8. The Morgan fingerprint density at radius 3 is 2.68 bits per heavy atom. The van der Waals surface area contributed by atoms with E-state index in [-0.39, 0.29) is 0 Å². The molecule has 2 rings (SSSR count). The smallest absolute Gasteiger partial charge is 0.135 e. The molecule has 5 heteroatoms. The molecular weight excluding hydrogens is 256 g/mol. The van der Waals surface area contributed by atoms with Gasteiger partial charge in [-0.1, -0.05) is 6.92 Å². The molecule has 2 N–H and O–H groups in total. The Kier molecular flexibility index (Phi) is 4.74. The summed E-state index contributed by atoms with van der Waals surface area (Å²) in [6.45, 7) is 4.98. The van der Waals surface area contributed by atoms with Crippen LogP contribution >= 0.6 is 11.3 Å². The van der Waals surface area contributed by atoms with Crippen LogP contribution in [0.5, 0.6) is 0 Å². The average Bonchev–Trinajstić information content (AvgIpc) is 2.92. The molecule has 0 spiro atoms. The molecule has 0 fully saturated rings. The minimum atomic E-state index is 0.802. The molecule has 2 aromatic rings. The molecule has 0 unspecified atom stereocenters. The standard InChI is InChI=1S/C14H20N4S/c1-4-5-12-17-13(15-3)10(2)14(18-12)16-8-11-6-7-19-9-11/h6-7,9H,4-5,8H2,1-3H3,(H2,15,16,17,18). The van der Waals surface area contributed by atoms with Crippen LogP contribution in [-0.4, -0.2) is 17.0 Å². The van der Waals surface area contributed by atoms with Crippen LogP contribution in [0.4, 0.5) is 11.6 Å². The summed E-state index contributed by atoms with van der Waals surface area (Å²) in [6, 6.07) is 2.13. The minimum absolute atomic E-state index is 0.802. The van der Waals surface area contributed by atoms with E-state index in [1.807, 2.05) is 14.0 Å². The van der Waals surface area contributed by atoms with Gasteiger partial charge in [-0.15, -0.1) is 0 Å². The number of rotatable bonds is 6. The van der Waals surface area contributed by atoms with E-state index in [0.717, 1.165) is 42.4 Å². The van der Waals surface area contributed by atoms with E-state index in [1.165, 1.54) is 5.56 Å². The number of aromatic nitrogens is 2. The second kappa shape index (κ2) is 6.52. The maximum absolute atomic E-state index is 4.61. The van der Waals surface area contributed by atoms with E-state index >= 15 is 0 Å². The second-order valence-electron chi connectivity index (χ2n) is 4.45. The molecule has 0 aliphatic rings. The fraction of sp³-hybridized carbons (Fsp3) is 0.429. The molecule has 102 valence electrons. The molecule has 0 amide bonds. The highest BCUT2D eigenvalue weighted by molar-refractivity contribution is 7.07. The summed E-state index contributed by atoms with van der Waals surface area (Å²) in [7, 11) is 1.90. The summed E-state index contributed by atoms with van der Waals surface area (Å²) in [5.41, 5.74) is 2.35. The lowest BCUT2D eigenvalue weighted by atomic mass is 10.2. The molecule has 0 aromatic carbocycles. The number of anilines is 2. The SMILES string of the molecule is CCCc1nc(NC)c(C)c(NCc2ccsc2)n1. The molecule has 0 atom stereocenters. The van der Waals surface area contributed by atoms with Crippen molar-refractivity contribution in [2.24, 2.45) is 0 Å². The number of nitrogens with one attached hydrogen (secondary N) is 2. The van der Waals surface area contributed by atoms with Crippen molar-refractivity contribution in [2.45, 2.75) is 33.2 Å². The third-order valence-electron chi connectivity index (χ3n) is 2.94. The number of hydrogen-bond acceptors (Lipinski definition) is 5. The summed E-state index contributed by atoms with van der Waals surface area (Å²) >= 11 is 1.71. The van der Waals surface area contributed by atoms with Gasteiger partial charge in [-0.2, -0.15) is 11.3 Å². The van der Waals surface area contributed by atoms with Crippen molar-refractivity contribution < 1.29 is 0 Å². The van der Waals surface area contributed by atoms with Crippen LogP contribution in [0, 0.1) is 6.92 Å². The molecule has 0 aliphatic carbocycles. The summed E-state index contributed by atoms with van der Waals surface area (Å²) in [4.78, 5) is 9.14. The molecule has 19 heavy (non-hydrogen) atoms. The van der Waals surface area contributed by atoms with E-state index in [2.05, 4.69) is 44.4 Å². The molecule has 2 heterocycles. The van der Waals surface area contributed by atoms with E-state index in [9.17, 15) is 0 Å². The van der Waals surface area contributed by atoms with Gasteiger partial charge in [0.2, 0.25) is 0 Å². The highest BCUT2D eigenvalue weighted by Gasteiger charge is 2.09. The van der Waals surface area contributed by atoms with Gasteiger partial charge in [-0.25, -0.2) is 9.97 Å². The Morgan fingerprint density at radius 2 is 2.05 bits per heavy atom. The van der Waals surface area contributed by atoms with Crippen LogP contribution in [0.15, 0.2) is 16.8 Å².